The Hall–Kier alpha value is -2.29. The molecule has 26 heavy (non-hydrogen) atoms. The van der Waals surface area contributed by atoms with E-state index >= 15 is 0 Å². The number of rotatable bonds is 5. The summed E-state index contributed by atoms with van der Waals surface area (Å²) in [6.07, 6.45) is 1.44. The summed E-state index contributed by atoms with van der Waals surface area (Å²) in [6, 6.07) is 3.70. The summed E-state index contributed by atoms with van der Waals surface area (Å²) < 4.78 is 19.6. The molecular formula is C17H15ClFN3O3S. The minimum Gasteiger partial charge on any atom is -0.383 e. The Balaban J connectivity index is 1.97. The lowest BCUT2D eigenvalue weighted by Gasteiger charge is -2.06. The van der Waals surface area contributed by atoms with Gasteiger partial charge in [0.1, 0.15) is 10.6 Å². The fourth-order valence-electron chi connectivity index (χ4n) is 2.49. The van der Waals surface area contributed by atoms with Gasteiger partial charge in [-0.25, -0.2) is 9.37 Å². The number of halogens is 2. The Morgan fingerprint density at radius 3 is 2.92 bits per heavy atom. The van der Waals surface area contributed by atoms with Gasteiger partial charge in [0.2, 0.25) is 0 Å². The number of hydrogen-bond donors (Lipinski definition) is 1. The van der Waals surface area contributed by atoms with Crippen LogP contribution in [0.25, 0.3) is 10.2 Å². The molecule has 0 aliphatic heterocycles. The zero-order valence-corrected chi connectivity index (χ0v) is 15.6. The van der Waals surface area contributed by atoms with Crippen LogP contribution in [0.3, 0.4) is 0 Å². The molecule has 9 heteroatoms. The van der Waals surface area contributed by atoms with E-state index in [1.165, 1.54) is 23.0 Å². The summed E-state index contributed by atoms with van der Waals surface area (Å²) in [5, 5.41) is 3.14. The Morgan fingerprint density at radius 1 is 1.46 bits per heavy atom. The van der Waals surface area contributed by atoms with Crippen molar-refractivity contribution < 1.29 is 13.9 Å². The summed E-state index contributed by atoms with van der Waals surface area (Å²) in [6.45, 7) is 2.46. The van der Waals surface area contributed by atoms with Crippen LogP contribution in [0, 0.1) is 12.7 Å². The highest BCUT2D eigenvalue weighted by Gasteiger charge is 2.20. The first-order valence-corrected chi connectivity index (χ1v) is 8.85. The van der Waals surface area contributed by atoms with E-state index in [0.717, 1.165) is 17.4 Å². The van der Waals surface area contributed by atoms with Crippen LogP contribution < -0.4 is 10.9 Å². The van der Waals surface area contributed by atoms with Gasteiger partial charge in [-0.05, 0) is 30.7 Å². The molecule has 1 amide bonds. The first-order chi connectivity index (χ1) is 12.4. The summed E-state index contributed by atoms with van der Waals surface area (Å²) >= 11 is 7.07. The van der Waals surface area contributed by atoms with Gasteiger partial charge in [0.25, 0.3) is 11.5 Å². The molecule has 2 aromatic heterocycles. The van der Waals surface area contributed by atoms with Crippen LogP contribution in [-0.2, 0) is 11.3 Å². The van der Waals surface area contributed by atoms with Gasteiger partial charge in [-0.1, -0.05) is 11.6 Å². The summed E-state index contributed by atoms with van der Waals surface area (Å²) in [7, 11) is 1.55. The molecule has 1 N–H and O–H groups in total. The van der Waals surface area contributed by atoms with E-state index in [2.05, 4.69) is 10.3 Å². The molecule has 0 bridgehead atoms. The van der Waals surface area contributed by atoms with Gasteiger partial charge in [0.15, 0.2) is 0 Å². The van der Waals surface area contributed by atoms with E-state index in [9.17, 15) is 14.0 Å². The monoisotopic (exact) mass is 395 g/mol. The van der Waals surface area contributed by atoms with Crippen molar-refractivity contribution in [3.05, 3.63) is 56.2 Å². The van der Waals surface area contributed by atoms with Gasteiger partial charge in [0, 0.05) is 7.11 Å². The fraction of sp³-hybridized carbons (Fsp3) is 0.235. The molecule has 0 spiro atoms. The number of hydrogen-bond acceptors (Lipinski definition) is 5. The quantitative estimate of drug-likeness (QED) is 0.718. The normalized spacial score (nSPS) is 11.1. The molecule has 0 atom stereocenters. The summed E-state index contributed by atoms with van der Waals surface area (Å²) in [4.78, 5) is 30.3. The summed E-state index contributed by atoms with van der Waals surface area (Å²) in [5.74, 6) is -0.922. The SMILES string of the molecule is COCCn1cnc2sc(C(=O)Nc3ccc(F)cc3Cl)c(C)c2c1=O. The number of aryl methyl sites for hydroxylation is 1. The predicted octanol–water partition coefficient (Wildman–Crippen LogP) is 3.46. The van der Waals surface area contributed by atoms with E-state index in [0.29, 0.717) is 39.5 Å². The molecule has 3 rings (SSSR count). The number of thiophene rings is 1. The smallest absolute Gasteiger partial charge is 0.266 e. The number of amides is 1. The van der Waals surface area contributed by atoms with E-state index in [-0.39, 0.29) is 10.6 Å². The molecule has 0 aliphatic rings. The molecule has 0 aliphatic carbocycles. The zero-order chi connectivity index (χ0) is 18.8. The fourth-order valence-corrected chi connectivity index (χ4v) is 3.74. The third kappa shape index (κ3) is 3.48. The van der Waals surface area contributed by atoms with Gasteiger partial charge in [0.05, 0.1) is 40.5 Å². The van der Waals surface area contributed by atoms with Gasteiger partial charge < -0.3 is 10.1 Å². The molecule has 0 radical (unpaired) electrons. The number of anilines is 1. The van der Waals surface area contributed by atoms with Crippen LogP contribution in [-0.4, -0.2) is 29.2 Å². The lowest BCUT2D eigenvalue weighted by Crippen LogP contribution is -2.22. The standard InChI is InChI=1S/C17H15ClFN3O3S/c1-9-13-16(20-8-22(17(13)24)5-6-25-2)26-14(9)15(23)21-12-4-3-10(19)7-11(12)18/h3-4,7-8H,5-6H2,1-2H3,(H,21,23). The largest absolute Gasteiger partial charge is 0.383 e. The molecule has 0 saturated carbocycles. The van der Waals surface area contributed by atoms with Crippen molar-refractivity contribution in [3.8, 4) is 0 Å². The van der Waals surface area contributed by atoms with Gasteiger partial charge in [-0.3, -0.25) is 14.2 Å². The molecule has 0 fully saturated rings. The number of aromatic nitrogens is 2. The number of nitrogens with zero attached hydrogens (tertiary/aromatic N) is 2. The molecular weight excluding hydrogens is 381 g/mol. The van der Waals surface area contributed by atoms with Gasteiger partial charge >= 0.3 is 0 Å². The number of carbonyl (C=O) groups excluding carboxylic acids is 1. The Labute approximate surface area is 157 Å². The zero-order valence-electron chi connectivity index (χ0n) is 14.0. The number of carbonyl (C=O) groups is 1. The first kappa shape index (κ1) is 18.5. The van der Waals surface area contributed by atoms with Crippen LogP contribution >= 0.6 is 22.9 Å². The average Bonchev–Trinajstić information content (AvgIpc) is 2.94. The van der Waals surface area contributed by atoms with Gasteiger partial charge in [-0.15, -0.1) is 11.3 Å². The second-order valence-corrected chi connectivity index (χ2v) is 6.96. The average molecular weight is 396 g/mol. The van der Waals surface area contributed by atoms with Crippen LogP contribution in [0.1, 0.15) is 15.2 Å². The Kier molecular flexibility index (Phi) is 5.36. The van der Waals surface area contributed by atoms with Gasteiger partial charge in [-0.2, -0.15) is 0 Å². The third-order valence-electron chi connectivity index (χ3n) is 3.84. The highest BCUT2D eigenvalue weighted by atomic mass is 35.5. The maximum Gasteiger partial charge on any atom is 0.266 e. The highest BCUT2D eigenvalue weighted by Crippen LogP contribution is 2.29. The topological polar surface area (TPSA) is 73.2 Å². The lowest BCUT2D eigenvalue weighted by atomic mass is 10.2. The maximum atomic E-state index is 13.1. The first-order valence-electron chi connectivity index (χ1n) is 7.66. The molecule has 3 aromatic rings. The van der Waals surface area contributed by atoms with Crippen LogP contribution in [0.15, 0.2) is 29.3 Å². The maximum absolute atomic E-state index is 13.1. The second-order valence-electron chi connectivity index (χ2n) is 5.55. The van der Waals surface area contributed by atoms with Crippen molar-refractivity contribution in [2.75, 3.05) is 19.0 Å². The van der Waals surface area contributed by atoms with Crippen molar-refractivity contribution >= 4 is 44.7 Å². The molecule has 136 valence electrons. The predicted molar refractivity (Wildman–Crippen MR) is 99.9 cm³/mol. The van der Waals surface area contributed by atoms with Crippen molar-refractivity contribution in [3.63, 3.8) is 0 Å². The molecule has 0 saturated heterocycles. The van der Waals surface area contributed by atoms with Crippen molar-refractivity contribution in [1.29, 1.82) is 0 Å². The molecule has 2 heterocycles. The molecule has 6 nitrogen and oxygen atoms in total. The number of methoxy groups -OCH3 is 1. The van der Waals surface area contributed by atoms with E-state index in [1.54, 1.807) is 14.0 Å². The van der Waals surface area contributed by atoms with Crippen LogP contribution in [0.2, 0.25) is 5.02 Å². The minimum atomic E-state index is -0.494. The van der Waals surface area contributed by atoms with E-state index in [1.807, 2.05) is 0 Å². The highest BCUT2D eigenvalue weighted by molar-refractivity contribution is 7.20. The van der Waals surface area contributed by atoms with Crippen LogP contribution in [0.4, 0.5) is 10.1 Å². The van der Waals surface area contributed by atoms with E-state index in [4.69, 9.17) is 16.3 Å². The number of nitrogens with one attached hydrogen (secondary N) is 1. The number of fused-ring (bicyclic) bond motifs is 1. The summed E-state index contributed by atoms with van der Waals surface area (Å²) in [5.41, 5.74) is 0.616. The third-order valence-corrected chi connectivity index (χ3v) is 5.35. The van der Waals surface area contributed by atoms with Crippen LogP contribution in [0.5, 0.6) is 0 Å². The Bertz CT molecular complexity index is 1050. The minimum absolute atomic E-state index is 0.0946. The number of ether oxygens (including phenoxy) is 1. The second kappa shape index (κ2) is 7.53. The van der Waals surface area contributed by atoms with Crippen molar-refractivity contribution in [2.45, 2.75) is 13.5 Å². The molecule has 1 aromatic carbocycles. The van der Waals surface area contributed by atoms with E-state index < -0.39 is 11.7 Å². The van der Waals surface area contributed by atoms with Crippen molar-refractivity contribution in [2.24, 2.45) is 0 Å². The number of benzene rings is 1. The lowest BCUT2D eigenvalue weighted by molar-refractivity contribution is 0.103. The van der Waals surface area contributed by atoms with Crippen molar-refractivity contribution in [1.82, 2.24) is 9.55 Å². The molecule has 0 unspecified atom stereocenters. The Morgan fingerprint density at radius 2 is 2.23 bits per heavy atom.